The molecule has 2 aromatic heterocycles. The second kappa shape index (κ2) is 6.89. The molecule has 0 aliphatic carbocycles. The van der Waals surface area contributed by atoms with Gasteiger partial charge >= 0.3 is 11.9 Å². The summed E-state index contributed by atoms with van der Waals surface area (Å²) in [6, 6.07) is 6.90. The second-order valence-electron chi connectivity index (χ2n) is 5.12. The number of carbonyl (C=O) groups excluding carboxylic acids is 2. The molecule has 0 saturated carbocycles. The first-order chi connectivity index (χ1) is 12.0. The summed E-state index contributed by atoms with van der Waals surface area (Å²) in [4.78, 5) is 28.5. The van der Waals surface area contributed by atoms with E-state index < -0.39 is 11.9 Å². The summed E-state index contributed by atoms with van der Waals surface area (Å²) in [7, 11) is 2.87. The number of thiazole rings is 1. The van der Waals surface area contributed by atoms with Crippen molar-refractivity contribution in [1.82, 2.24) is 9.72 Å². The number of nitrogens with zero attached hydrogens (tertiary/aromatic N) is 3. The number of methoxy groups -OCH3 is 2. The fourth-order valence-corrected chi connectivity index (χ4v) is 3.28. The lowest BCUT2D eigenvalue weighted by molar-refractivity contribution is -0.141. The van der Waals surface area contributed by atoms with Crippen LogP contribution >= 0.6 is 11.3 Å². The van der Waals surface area contributed by atoms with Crippen LogP contribution in [0.1, 0.15) is 16.2 Å². The summed E-state index contributed by atoms with van der Waals surface area (Å²) in [6.07, 6.45) is 0. The SMILES string of the molecule is COC(=O)Cn1c(=NC(=O)c2cc(C)on2)sc2cc(OC)ccc21. The maximum absolute atomic E-state index is 12.3. The standard InChI is InChI=1S/C16H15N3O5S/c1-9-6-11(18-24-9)15(21)17-16-19(8-14(20)23-3)12-5-4-10(22-2)7-13(12)25-16/h4-7H,8H2,1-3H3. The molecule has 1 aromatic carbocycles. The van der Waals surface area contributed by atoms with Crippen molar-refractivity contribution >= 4 is 33.4 Å². The van der Waals surface area contributed by atoms with E-state index in [1.165, 1.54) is 24.5 Å². The third kappa shape index (κ3) is 3.45. The predicted octanol–water partition coefficient (Wildman–Crippen LogP) is 1.92. The Bertz CT molecular complexity index is 1010. The molecule has 0 fully saturated rings. The highest BCUT2D eigenvalue weighted by Crippen LogP contribution is 2.23. The number of aryl methyl sites for hydroxylation is 1. The van der Waals surface area contributed by atoms with Crippen molar-refractivity contribution in [2.24, 2.45) is 4.99 Å². The van der Waals surface area contributed by atoms with E-state index in [0.29, 0.717) is 16.3 Å². The zero-order valence-corrected chi connectivity index (χ0v) is 14.6. The first-order valence-electron chi connectivity index (χ1n) is 7.28. The zero-order chi connectivity index (χ0) is 18.0. The summed E-state index contributed by atoms with van der Waals surface area (Å²) in [5.41, 5.74) is 0.858. The number of hydrogen-bond acceptors (Lipinski definition) is 7. The van der Waals surface area contributed by atoms with Gasteiger partial charge in [-0.3, -0.25) is 9.59 Å². The van der Waals surface area contributed by atoms with Crippen molar-refractivity contribution in [3.63, 3.8) is 0 Å². The molecular weight excluding hydrogens is 346 g/mol. The van der Waals surface area contributed by atoms with E-state index in [4.69, 9.17) is 14.0 Å². The van der Waals surface area contributed by atoms with Gasteiger partial charge in [0.1, 0.15) is 18.1 Å². The molecule has 0 bridgehead atoms. The van der Waals surface area contributed by atoms with Crippen LogP contribution in [0, 0.1) is 6.92 Å². The van der Waals surface area contributed by atoms with Gasteiger partial charge < -0.3 is 18.6 Å². The monoisotopic (exact) mass is 361 g/mol. The Morgan fingerprint density at radius 1 is 1.32 bits per heavy atom. The maximum Gasteiger partial charge on any atom is 0.325 e. The Kier molecular flexibility index (Phi) is 4.66. The first kappa shape index (κ1) is 16.9. The van der Waals surface area contributed by atoms with Crippen molar-refractivity contribution in [3.8, 4) is 5.75 Å². The van der Waals surface area contributed by atoms with Gasteiger partial charge in [-0.1, -0.05) is 16.5 Å². The Morgan fingerprint density at radius 2 is 2.12 bits per heavy atom. The van der Waals surface area contributed by atoms with Crippen LogP contribution in [0.5, 0.6) is 5.75 Å². The van der Waals surface area contributed by atoms with Crippen LogP contribution in [-0.4, -0.2) is 35.8 Å². The van der Waals surface area contributed by atoms with Crippen molar-refractivity contribution < 1.29 is 23.6 Å². The van der Waals surface area contributed by atoms with Crippen molar-refractivity contribution in [2.75, 3.05) is 14.2 Å². The lowest BCUT2D eigenvalue weighted by Crippen LogP contribution is -2.22. The highest BCUT2D eigenvalue weighted by Gasteiger charge is 2.14. The zero-order valence-electron chi connectivity index (χ0n) is 13.8. The fourth-order valence-electron chi connectivity index (χ4n) is 2.22. The molecule has 130 valence electrons. The number of carbonyl (C=O) groups is 2. The Balaban J connectivity index is 2.14. The van der Waals surface area contributed by atoms with Crippen LogP contribution in [0.3, 0.4) is 0 Å². The molecule has 1 amide bonds. The number of fused-ring (bicyclic) bond motifs is 1. The van der Waals surface area contributed by atoms with Gasteiger partial charge in [0.15, 0.2) is 10.5 Å². The predicted molar refractivity (Wildman–Crippen MR) is 89.5 cm³/mol. The minimum atomic E-state index is -0.547. The van der Waals surface area contributed by atoms with Crippen molar-refractivity contribution in [2.45, 2.75) is 13.5 Å². The number of aromatic nitrogens is 2. The van der Waals surface area contributed by atoms with E-state index in [2.05, 4.69) is 10.1 Å². The van der Waals surface area contributed by atoms with E-state index in [-0.39, 0.29) is 12.2 Å². The van der Waals surface area contributed by atoms with Gasteiger partial charge in [0, 0.05) is 6.07 Å². The minimum absolute atomic E-state index is 0.0627. The van der Waals surface area contributed by atoms with Crippen molar-refractivity contribution in [1.29, 1.82) is 0 Å². The Hall–Kier alpha value is -2.94. The van der Waals surface area contributed by atoms with Crippen LogP contribution in [0.15, 0.2) is 33.8 Å². The van der Waals surface area contributed by atoms with E-state index >= 15 is 0 Å². The van der Waals surface area contributed by atoms with Gasteiger partial charge in [-0.05, 0) is 25.1 Å². The lowest BCUT2D eigenvalue weighted by atomic mass is 10.3. The normalized spacial score (nSPS) is 11.7. The average molecular weight is 361 g/mol. The van der Waals surface area contributed by atoms with Gasteiger partial charge in [0.25, 0.3) is 0 Å². The number of esters is 1. The summed E-state index contributed by atoms with van der Waals surface area (Å²) in [6.45, 7) is 1.62. The van der Waals surface area contributed by atoms with Crippen LogP contribution in [0.2, 0.25) is 0 Å². The van der Waals surface area contributed by atoms with Gasteiger partial charge in [-0.15, -0.1) is 0 Å². The summed E-state index contributed by atoms with van der Waals surface area (Å²) < 4.78 is 17.3. The number of hydrogen-bond donors (Lipinski definition) is 0. The maximum atomic E-state index is 12.3. The van der Waals surface area contributed by atoms with Crippen LogP contribution < -0.4 is 9.54 Å². The molecule has 0 spiro atoms. The average Bonchev–Trinajstić information content (AvgIpc) is 3.18. The van der Waals surface area contributed by atoms with Gasteiger partial charge in [0.05, 0.1) is 24.4 Å². The van der Waals surface area contributed by atoms with E-state index in [0.717, 1.165) is 10.2 Å². The summed E-state index contributed by atoms with van der Waals surface area (Å²) in [5, 5.41) is 3.67. The molecule has 9 heteroatoms. The number of amides is 1. The molecule has 0 aliphatic heterocycles. The Labute approximate surface area is 146 Å². The molecule has 2 heterocycles. The van der Waals surface area contributed by atoms with Gasteiger partial charge in [-0.25, -0.2) is 0 Å². The third-order valence-corrected chi connectivity index (χ3v) is 4.49. The molecular formula is C16H15N3O5S. The van der Waals surface area contributed by atoms with Crippen molar-refractivity contribution in [3.05, 3.63) is 40.5 Å². The van der Waals surface area contributed by atoms with Crippen LogP contribution in [0.25, 0.3) is 10.2 Å². The smallest absolute Gasteiger partial charge is 0.325 e. The van der Waals surface area contributed by atoms with E-state index in [1.54, 1.807) is 30.7 Å². The highest BCUT2D eigenvalue weighted by atomic mass is 32.1. The first-order valence-corrected chi connectivity index (χ1v) is 8.10. The molecule has 25 heavy (non-hydrogen) atoms. The van der Waals surface area contributed by atoms with Gasteiger partial charge in [0.2, 0.25) is 0 Å². The largest absolute Gasteiger partial charge is 0.497 e. The molecule has 0 N–H and O–H groups in total. The number of ether oxygens (including phenoxy) is 2. The van der Waals surface area contributed by atoms with Crippen LogP contribution in [0.4, 0.5) is 0 Å². The van der Waals surface area contributed by atoms with E-state index in [1.807, 2.05) is 6.07 Å². The number of benzene rings is 1. The summed E-state index contributed by atoms with van der Waals surface area (Å²) >= 11 is 1.27. The quantitative estimate of drug-likeness (QED) is 0.659. The minimum Gasteiger partial charge on any atom is -0.497 e. The third-order valence-electron chi connectivity index (χ3n) is 3.45. The number of rotatable bonds is 4. The van der Waals surface area contributed by atoms with E-state index in [9.17, 15) is 9.59 Å². The fraction of sp³-hybridized carbons (Fsp3) is 0.250. The van der Waals surface area contributed by atoms with Gasteiger partial charge in [-0.2, -0.15) is 4.99 Å². The molecule has 0 unspecified atom stereocenters. The second-order valence-corrected chi connectivity index (χ2v) is 6.13. The molecule has 8 nitrogen and oxygen atoms in total. The highest BCUT2D eigenvalue weighted by molar-refractivity contribution is 7.16. The Morgan fingerprint density at radius 3 is 2.76 bits per heavy atom. The topological polar surface area (TPSA) is 95.9 Å². The lowest BCUT2D eigenvalue weighted by Gasteiger charge is -2.04. The summed E-state index contributed by atoms with van der Waals surface area (Å²) in [5.74, 6) is 0.196. The molecule has 3 rings (SSSR count). The molecule has 0 radical (unpaired) electrons. The molecule has 0 aliphatic rings. The molecule has 0 saturated heterocycles. The molecule has 3 aromatic rings. The van der Waals surface area contributed by atoms with Crippen LogP contribution in [-0.2, 0) is 16.1 Å². The molecule has 0 atom stereocenters.